The van der Waals surface area contributed by atoms with Crippen molar-refractivity contribution in [2.45, 2.75) is 45.4 Å². The molecule has 17 heavy (non-hydrogen) atoms. The molecule has 1 rings (SSSR count). The second-order valence-corrected chi connectivity index (χ2v) is 5.34. The number of carbonyl (C=O) groups excluding carboxylic acids is 1. The quantitative estimate of drug-likeness (QED) is 0.708. The fourth-order valence-electron chi connectivity index (χ4n) is 1.70. The summed E-state index contributed by atoms with van der Waals surface area (Å²) in [6.07, 6.45) is -0.461. The maximum Gasteiger partial charge on any atom is 0.410 e. The van der Waals surface area contributed by atoms with Gasteiger partial charge in [-0.2, -0.15) is 0 Å². The number of nitrogens with one attached hydrogen (secondary N) is 1. The van der Waals surface area contributed by atoms with E-state index in [2.05, 4.69) is 5.32 Å². The molecule has 6 nitrogen and oxygen atoms in total. The normalized spacial score (nSPS) is 25.5. The van der Waals surface area contributed by atoms with E-state index in [4.69, 9.17) is 9.84 Å². The number of hydrogen-bond acceptors (Lipinski definition) is 4. The molecule has 0 bridgehead atoms. The number of amides is 1. The molecule has 98 valence electrons. The van der Waals surface area contributed by atoms with Gasteiger partial charge >= 0.3 is 12.1 Å². The number of carboxylic acid groups (broad SMARTS) is 1. The summed E-state index contributed by atoms with van der Waals surface area (Å²) in [5, 5.41) is 11.9. The summed E-state index contributed by atoms with van der Waals surface area (Å²) in [4.78, 5) is 24.2. The molecule has 1 saturated heterocycles. The number of rotatable bonds is 1. The van der Waals surface area contributed by atoms with Crippen molar-refractivity contribution < 1.29 is 19.4 Å². The van der Waals surface area contributed by atoms with Gasteiger partial charge in [0.2, 0.25) is 0 Å². The van der Waals surface area contributed by atoms with E-state index in [0.29, 0.717) is 6.54 Å². The fourth-order valence-corrected chi connectivity index (χ4v) is 1.70. The minimum atomic E-state index is -0.954. The van der Waals surface area contributed by atoms with E-state index in [9.17, 15) is 9.59 Å². The lowest BCUT2D eigenvalue weighted by atomic mass is 10.1. The van der Waals surface area contributed by atoms with E-state index >= 15 is 0 Å². The summed E-state index contributed by atoms with van der Waals surface area (Å²) in [6.45, 7) is 7.78. The number of nitrogens with zero attached hydrogens (tertiary/aromatic N) is 1. The van der Waals surface area contributed by atoms with Gasteiger partial charge in [0.05, 0.1) is 6.54 Å². The highest BCUT2D eigenvalue weighted by Gasteiger charge is 2.33. The van der Waals surface area contributed by atoms with Gasteiger partial charge in [0.1, 0.15) is 11.6 Å². The Labute approximate surface area is 101 Å². The summed E-state index contributed by atoms with van der Waals surface area (Å²) in [7, 11) is 0. The molecule has 1 aliphatic rings. The molecule has 0 saturated carbocycles. The van der Waals surface area contributed by atoms with Crippen LogP contribution < -0.4 is 5.32 Å². The molecule has 6 heteroatoms. The molecule has 0 aromatic heterocycles. The maximum absolute atomic E-state index is 11.8. The molecule has 1 fully saturated rings. The van der Waals surface area contributed by atoms with Crippen LogP contribution in [0.3, 0.4) is 0 Å². The zero-order valence-electron chi connectivity index (χ0n) is 10.7. The molecule has 0 spiro atoms. The van der Waals surface area contributed by atoms with Crippen molar-refractivity contribution in [1.82, 2.24) is 10.2 Å². The number of hydrogen-bond donors (Lipinski definition) is 2. The Morgan fingerprint density at radius 2 is 1.94 bits per heavy atom. The highest BCUT2D eigenvalue weighted by molar-refractivity contribution is 5.76. The van der Waals surface area contributed by atoms with Crippen LogP contribution in [0.15, 0.2) is 0 Å². The van der Waals surface area contributed by atoms with E-state index in [0.717, 1.165) is 0 Å². The van der Waals surface area contributed by atoms with Crippen LogP contribution >= 0.6 is 0 Å². The topological polar surface area (TPSA) is 78.9 Å². The van der Waals surface area contributed by atoms with Crippen LogP contribution in [0.4, 0.5) is 4.79 Å². The lowest BCUT2D eigenvalue weighted by Crippen LogP contribution is -2.60. The van der Waals surface area contributed by atoms with Crippen molar-refractivity contribution >= 4 is 12.1 Å². The zero-order valence-corrected chi connectivity index (χ0v) is 10.7. The Hall–Kier alpha value is -1.30. The van der Waals surface area contributed by atoms with E-state index in [1.165, 1.54) is 4.90 Å². The van der Waals surface area contributed by atoms with Crippen LogP contribution in [0.1, 0.15) is 27.7 Å². The standard InChI is InChI=1S/C11H20N2O4/c1-7-5-13(6-8(12-7)9(14)15)10(16)17-11(2,3)4/h7-8,12H,5-6H2,1-4H3,(H,14,15). The Morgan fingerprint density at radius 3 is 2.41 bits per heavy atom. The maximum atomic E-state index is 11.8. The largest absolute Gasteiger partial charge is 0.480 e. The average Bonchev–Trinajstić information content (AvgIpc) is 2.13. The molecule has 2 N–H and O–H groups in total. The first-order valence-electron chi connectivity index (χ1n) is 5.66. The van der Waals surface area contributed by atoms with Crippen LogP contribution in [0.25, 0.3) is 0 Å². The van der Waals surface area contributed by atoms with Crippen molar-refractivity contribution in [2.24, 2.45) is 0 Å². The first-order valence-corrected chi connectivity index (χ1v) is 5.66. The van der Waals surface area contributed by atoms with Crippen LogP contribution in [0.2, 0.25) is 0 Å². The minimum Gasteiger partial charge on any atom is -0.480 e. The van der Waals surface area contributed by atoms with Gasteiger partial charge in [0.25, 0.3) is 0 Å². The van der Waals surface area contributed by atoms with Gasteiger partial charge in [0.15, 0.2) is 0 Å². The third kappa shape index (κ3) is 4.22. The lowest BCUT2D eigenvalue weighted by Gasteiger charge is -2.36. The van der Waals surface area contributed by atoms with Crippen LogP contribution in [0.5, 0.6) is 0 Å². The number of carboxylic acids is 1. The van der Waals surface area contributed by atoms with Gasteiger partial charge in [-0.3, -0.25) is 10.1 Å². The van der Waals surface area contributed by atoms with Crippen molar-refractivity contribution in [2.75, 3.05) is 13.1 Å². The molecule has 1 aliphatic heterocycles. The Bertz CT molecular complexity index is 311. The van der Waals surface area contributed by atoms with E-state index < -0.39 is 23.7 Å². The Morgan fingerprint density at radius 1 is 1.35 bits per heavy atom. The first kappa shape index (κ1) is 13.8. The smallest absolute Gasteiger partial charge is 0.410 e. The molecule has 0 aromatic rings. The molecule has 0 aromatic carbocycles. The van der Waals surface area contributed by atoms with E-state index in [-0.39, 0.29) is 12.6 Å². The molecule has 0 radical (unpaired) electrons. The fraction of sp³-hybridized carbons (Fsp3) is 0.818. The van der Waals surface area contributed by atoms with Crippen LogP contribution in [-0.2, 0) is 9.53 Å². The number of ether oxygens (including phenoxy) is 1. The molecule has 1 amide bonds. The van der Waals surface area contributed by atoms with Crippen molar-refractivity contribution in [3.05, 3.63) is 0 Å². The summed E-state index contributed by atoms with van der Waals surface area (Å²) in [6, 6.07) is -0.788. The van der Waals surface area contributed by atoms with E-state index in [1.54, 1.807) is 20.8 Å². The van der Waals surface area contributed by atoms with Crippen LogP contribution in [0, 0.1) is 0 Å². The SMILES string of the molecule is CC1CN(C(=O)OC(C)(C)C)CC(C(=O)O)N1. The minimum absolute atomic E-state index is 0.0580. The zero-order chi connectivity index (χ0) is 13.2. The first-order chi connectivity index (χ1) is 7.69. The molecule has 1 heterocycles. The summed E-state index contributed by atoms with van der Waals surface area (Å²) in [5.41, 5.74) is -0.566. The Kier molecular flexibility index (Phi) is 3.98. The number of carbonyl (C=O) groups is 2. The number of aliphatic carboxylic acids is 1. The molecular formula is C11H20N2O4. The second-order valence-electron chi connectivity index (χ2n) is 5.34. The lowest BCUT2D eigenvalue weighted by molar-refractivity contribution is -0.140. The van der Waals surface area contributed by atoms with Gasteiger partial charge in [-0.15, -0.1) is 0 Å². The van der Waals surface area contributed by atoms with Gasteiger partial charge < -0.3 is 14.7 Å². The van der Waals surface area contributed by atoms with Crippen molar-refractivity contribution in [3.8, 4) is 0 Å². The van der Waals surface area contributed by atoms with Crippen LogP contribution in [-0.4, -0.2) is 52.8 Å². The van der Waals surface area contributed by atoms with Crippen molar-refractivity contribution in [3.63, 3.8) is 0 Å². The summed E-state index contributed by atoms with van der Waals surface area (Å²) in [5.74, 6) is -0.954. The van der Waals surface area contributed by atoms with Gasteiger partial charge in [-0.05, 0) is 27.7 Å². The monoisotopic (exact) mass is 244 g/mol. The van der Waals surface area contributed by atoms with Crippen molar-refractivity contribution in [1.29, 1.82) is 0 Å². The predicted octanol–water partition coefficient (Wildman–Crippen LogP) is 0.668. The molecule has 2 atom stereocenters. The summed E-state index contributed by atoms with van der Waals surface area (Å²) >= 11 is 0. The third-order valence-electron chi connectivity index (χ3n) is 2.33. The third-order valence-corrected chi connectivity index (χ3v) is 2.33. The summed E-state index contributed by atoms with van der Waals surface area (Å²) < 4.78 is 5.22. The number of piperazine rings is 1. The second kappa shape index (κ2) is 4.91. The van der Waals surface area contributed by atoms with E-state index in [1.807, 2.05) is 6.92 Å². The van der Waals surface area contributed by atoms with Gasteiger partial charge in [0, 0.05) is 12.6 Å². The average molecular weight is 244 g/mol. The molecule has 0 aliphatic carbocycles. The van der Waals surface area contributed by atoms with Gasteiger partial charge in [-0.25, -0.2) is 4.79 Å². The van der Waals surface area contributed by atoms with Gasteiger partial charge in [-0.1, -0.05) is 0 Å². The predicted molar refractivity (Wildman–Crippen MR) is 61.8 cm³/mol. The molecule has 2 unspecified atom stereocenters. The highest BCUT2D eigenvalue weighted by Crippen LogP contribution is 2.13. The Balaban J connectivity index is 2.64. The highest BCUT2D eigenvalue weighted by atomic mass is 16.6. The molecular weight excluding hydrogens is 224 g/mol.